The molecule has 0 fully saturated rings. The third-order valence-corrected chi connectivity index (χ3v) is 5.97. The Bertz CT molecular complexity index is 572. The van der Waals surface area contributed by atoms with Crippen LogP contribution >= 0.6 is 22.9 Å². The first-order chi connectivity index (χ1) is 9.42. The quantitative estimate of drug-likeness (QED) is 0.814. The van der Waals surface area contributed by atoms with E-state index in [9.17, 15) is 26.7 Å². The van der Waals surface area contributed by atoms with Crippen molar-refractivity contribution in [2.75, 3.05) is 0 Å². The van der Waals surface area contributed by atoms with Crippen LogP contribution in [0.3, 0.4) is 0 Å². The van der Waals surface area contributed by atoms with Crippen LogP contribution in [-0.4, -0.2) is 31.8 Å². The molecule has 0 bridgehead atoms. The predicted molar refractivity (Wildman–Crippen MR) is 75.0 cm³/mol. The lowest BCUT2D eigenvalue weighted by Crippen LogP contribution is -2.47. The average Bonchev–Trinajstić information content (AvgIpc) is 2.70. The molecule has 21 heavy (non-hydrogen) atoms. The van der Waals surface area contributed by atoms with Crippen molar-refractivity contribution in [3.05, 3.63) is 16.5 Å². The molecule has 122 valence electrons. The van der Waals surface area contributed by atoms with Crippen LogP contribution in [0.4, 0.5) is 13.2 Å². The van der Waals surface area contributed by atoms with E-state index in [1.165, 1.54) is 26.0 Å². The molecule has 0 saturated heterocycles. The molecule has 0 saturated carbocycles. The number of nitrogens with one attached hydrogen (secondary N) is 1. The van der Waals surface area contributed by atoms with Crippen LogP contribution < -0.4 is 4.72 Å². The SMILES string of the molecule is C[C@@H](O)[C@@H](NS(=O)(=O)c1ccc(Cl)s1)[C@@H](C)CC(F)(F)F. The molecule has 0 unspecified atom stereocenters. The summed E-state index contributed by atoms with van der Waals surface area (Å²) < 4.78 is 63.6. The minimum atomic E-state index is -4.44. The van der Waals surface area contributed by atoms with Gasteiger partial charge in [-0.05, 0) is 25.0 Å². The third kappa shape index (κ3) is 5.74. The molecule has 10 heteroatoms. The summed E-state index contributed by atoms with van der Waals surface area (Å²) in [4.78, 5) is 0. The fourth-order valence-electron chi connectivity index (χ4n) is 1.86. The Hall–Kier alpha value is -0.350. The van der Waals surface area contributed by atoms with Crippen LogP contribution in [-0.2, 0) is 10.0 Å². The molecule has 0 spiro atoms. The van der Waals surface area contributed by atoms with E-state index >= 15 is 0 Å². The van der Waals surface area contributed by atoms with E-state index < -0.39 is 40.7 Å². The minimum absolute atomic E-state index is 0.114. The van der Waals surface area contributed by atoms with Crippen LogP contribution in [0.5, 0.6) is 0 Å². The van der Waals surface area contributed by atoms with Gasteiger partial charge >= 0.3 is 6.18 Å². The Labute approximate surface area is 130 Å². The Kier molecular flexibility index (Phi) is 6.08. The van der Waals surface area contributed by atoms with Gasteiger partial charge in [0.05, 0.1) is 16.5 Å². The topological polar surface area (TPSA) is 66.4 Å². The van der Waals surface area contributed by atoms with Gasteiger partial charge in [-0.1, -0.05) is 18.5 Å². The summed E-state index contributed by atoms with van der Waals surface area (Å²) in [6, 6.07) is 1.37. The Balaban J connectivity index is 2.93. The molecular weight excluding hydrogens is 351 g/mol. The van der Waals surface area contributed by atoms with E-state index in [2.05, 4.69) is 4.72 Å². The lowest BCUT2D eigenvalue weighted by Gasteiger charge is -2.27. The molecular formula is C11H15ClF3NO3S2. The fourth-order valence-corrected chi connectivity index (χ4v) is 4.78. The second-order valence-electron chi connectivity index (χ2n) is 4.74. The van der Waals surface area contributed by atoms with Crippen molar-refractivity contribution < 1.29 is 26.7 Å². The summed E-state index contributed by atoms with van der Waals surface area (Å²) in [5.74, 6) is -1.12. The highest BCUT2D eigenvalue weighted by Gasteiger charge is 2.37. The first-order valence-corrected chi connectivity index (χ1v) is 8.62. The number of sulfonamides is 1. The van der Waals surface area contributed by atoms with Crippen LogP contribution in [0.2, 0.25) is 4.34 Å². The zero-order chi connectivity index (χ0) is 16.4. The van der Waals surface area contributed by atoms with Crippen LogP contribution in [0.15, 0.2) is 16.3 Å². The van der Waals surface area contributed by atoms with Gasteiger partial charge in [0.15, 0.2) is 0 Å². The summed E-state index contributed by atoms with van der Waals surface area (Å²) in [5, 5.41) is 9.58. The smallest absolute Gasteiger partial charge is 0.389 e. The van der Waals surface area contributed by atoms with Gasteiger partial charge in [-0.3, -0.25) is 0 Å². The van der Waals surface area contributed by atoms with Crippen molar-refractivity contribution in [3.63, 3.8) is 0 Å². The normalized spacial score (nSPS) is 17.5. The van der Waals surface area contributed by atoms with E-state index in [1.807, 2.05) is 0 Å². The number of alkyl halides is 3. The zero-order valence-electron chi connectivity index (χ0n) is 11.2. The second-order valence-corrected chi connectivity index (χ2v) is 8.40. The number of hydrogen-bond acceptors (Lipinski definition) is 4. The van der Waals surface area contributed by atoms with Crippen molar-refractivity contribution in [2.24, 2.45) is 5.92 Å². The zero-order valence-corrected chi connectivity index (χ0v) is 13.6. The van der Waals surface area contributed by atoms with Gasteiger partial charge in [0.1, 0.15) is 4.21 Å². The van der Waals surface area contributed by atoms with Crippen molar-refractivity contribution in [3.8, 4) is 0 Å². The van der Waals surface area contributed by atoms with Gasteiger partial charge < -0.3 is 5.11 Å². The molecule has 1 aromatic heterocycles. The second kappa shape index (κ2) is 6.82. The van der Waals surface area contributed by atoms with Crippen LogP contribution in [0.25, 0.3) is 0 Å². The number of aliphatic hydroxyl groups excluding tert-OH is 1. The van der Waals surface area contributed by atoms with Gasteiger partial charge in [0.25, 0.3) is 0 Å². The van der Waals surface area contributed by atoms with E-state index in [0.29, 0.717) is 0 Å². The number of aliphatic hydroxyl groups is 1. The van der Waals surface area contributed by atoms with E-state index in [0.717, 1.165) is 11.3 Å². The maximum atomic E-state index is 12.4. The molecule has 0 aliphatic heterocycles. The third-order valence-electron chi connectivity index (χ3n) is 2.79. The minimum Gasteiger partial charge on any atom is -0.392 e. The highest BCUT2D eigenvalue weighted by molar-refractivity contribution is 7.91. The molecule has 1 heterocycles. The molecule has 1 aromatic rings. The molecule has 3 atom stereocenters. The number of halogens is 4. The standard InChI is InChI=1S/C11H15ClF3NO3S2/c1-6(5-11(13,14)15)10(7(2)17)16-21(18,19)9-4-3-8(12)20-9/h3-4,6-7,10,16-17H,5H2,1-2H3/t6-,7+,10-/m0/s1. The van der Waals surface area contributed by atoms with Crippen molar-refractivity contribution in [1.29, 1.82) is 0 Å². The van der Waals surface area contributed by atoms with Gasteiger partial charge in [0, 0.05) is 6.42 Å². The lowest BCUT2D eigenvalue weighted by molar-refractivity contribution is -0.146. The van der Waals surface area contributed by atoms with E-state index in [-0.39, 0.29) is 8.55 Å². The summed E-state index contributed by atoms with van der Waals surface area (Å²) in [6.45, 7) is 2.47. The molecule has 4 nitrogen and oxygen atoms in total. The summed E-state index contributed by atoms with van der Waals surface area (Å²) in [5.41, 5.74) is 0. The van der Waals surface area contributed by atoms with Crippen molar-refractivity contribution in [1.82, 2.24) is 4.72 Å². The summed E-state index contributed by atoms with van der Waals surface area (Å²) in [7, 11) is -4.03. The highest BCUT2D eigenvalue weighted by atomic mass is 35.5. The lowest BCUT2D eigenvalue weighted by atomic mass is 9.95. The van der Waals surface area contributed by atoms with Crippen LogP contribution in [0, 0.1) is 5.92 Å². The highest BCUT2D eigenvalue weighted by Crippen LogP contribution is 2.29. The van der Waals surface area contributed by atoms with Crippen molar-refractivity contribution >= 4 is 33.0 Å². The molecule has 0 aliphatic rings. The predicted octanol–water partition coefficient (Wildman–Crippen LogP) is 3.02. The number of hydrogen-bond donors (Lipinski definition) is 2. The van der Waals surface area contributed by atoms with Crippen molar-refractivity contribution in [2.45, 2.75) is 42.8 Å². The molecule has 0 amide bonds. The average molecular weight is 366 g/mol. The maximum absolute atomic E-state index is 12.4. The van der Waals surface area contributed by atoms with Gasteiger partial charge in [-0.2, -0.15) is 13.2 Å². The number of thiophene rings is 1. The molecule has 2 N–H and O–H groups in total. The van der Waals surface area contributed by atoms with E-state index in [1.54, 1.807) is 0 Å². The largest absolute Gasteiger partial charge is 0.392 e. The van der Waals surface area contributed by atoms with Crippen LogP contribution in [0.1, 0.15) is 20.3 Å². The first-order valence-electron chi connectivity index (χ1n) is 5.95. The summed E-state index contributed by atoms with van der Waals surface area (Å²) >= 11 is 6.43. The van der Waals surface area contributed by atoms with Gasteiger partial charge in [-0.25, -0.2) is 13.1 Å². The Morgan fingerprint density at radius 1 is 1.38 bits per heavy atom. The summed E-state index contributed by atoms with van der Waals surface area (Å²) in [6.07, 6.45) is -6.91. The first kappa shape index (κ1) is 18.7. The number of rotatable bonds is 6. The Morgan fingerprint density at radius 2 is 1.95 bits per heavy atom. The Morgan fingerprint density at radius 3 is 2.33 bits per heavy atom. The molecule has 0 radical (unpaired) electrons. The monoisotopic (exact) mass is 365 g/mol. The fraction of sp³-hybridized carbons (Fsp3) is 0.636. The molecule has 0 aliphatic carbocycles. The molecule has 0 aromatic carbocycles. The van der Waals surface area contributed by atoms with E-state index in [4.69, 9.17) is 11.6 Å². The molecule has 1 rings (SSSR count). The van der Waals surface area contributed by atoms with Gasteiger partial charge in [0.2, 0.25) is 10.0 Å². The maximum Gasteiger partial charge on any atom is 0.389 e. The van der Waals surface area contributed by atoms with Gasteiger partial charge in [-0.15, -0.1) is 11.3 Å².